The van der Waals surface area contributed by atoms with Crippen molar-refractivity contribution in [3.8, 4) is 11.5 Å². The van der Waals surface area contributed by atoms with Crippen LogP contribution in [0.1, 0.15) is 41.6 Å². The molecule has 4 rings (SSSR count). The molecule has 0 saturated carbocycles. The van der Waals surface area contributed by atoms with Crippen LogP contribution in [0, 0.1) is 6.92 Å². The number of carbonyl (C=O) groups is 1. The molecule has 4 aromatic carbocycles. The molecule has 0 bridgehead atoms. The van der Waals surface area contributed by atoms with Crippen molar-refractivity contribution in [2.75, 3.05) is 6.61 Å². The van der Waals surface area contributed by atoms with Crippen molar-refractivity contribution < 1.29 is 22.7 Å². The fourth-order valence-electron chi connectivity index (χ4n) is 4.03. The second-order valence-electron chi connectivity index (χ2n) is 9.45. The number of carbonyl (C=O) groups excluding carboxylic acids is 1. The Morgan fingerprint density at radius 2 is 1.64 bits per heavy atom. The first-order chi connectivity index (χ1) is 20.2. The second-order valence-corrected chi connectivity index (χ2v) is 12.1. The SMILES string of the molecule is CCOc1cc(/C=N\NC(=O)C[C@H](NS(=O)(=O)c2ccc(C)cc2)c2ccccc2)ccc1OCc1ccc(Br)cc1. The maximum absolute atomic E-state index is 13.1. The van der Waals surface area contributed by atoms with Crippen molar-refractivity contribution in [3.63, 3.8) is 0 Å². The predicted molar refractivity (Wildman–Crippen MR) is 167 cm³/mol. The van der Waals surface area contributed by atoms with Gasteiger partial charge in [-0.2, -0.15) is 5.10 Å². The van der Waals surface area contributed by atoms with Crippen molar-refractivity contribution in [1.29, 1.82) is 0 Å². The molecule has 10 heteroatoms. The van der Waals surface area contributed by atoms with Crippen molar-refractivity contribution in [3.05, 3.63) is 124 Å². The summed E-state index contributed by atoms with van der Waals surface area (Å²) in [4.78, 5) is 13.0. The summed E-state index contributed by atoms with van der Waals surface area (Å²) in [5.74, 6) is 0.693. The van der Waals surface area contributed by atoms with Gasteiger partial charge in [0.15, 0.2) is 11.5 Å². The Hall–Kier alpha value is -3.99. The van der Waals surface area contributed by atoms with Gasteiger partial charge in [0.2, 0.25) is 15.9 Å². The van der Waals surface area contributed by atoms with E-state index in [0.29, 0.717) is 35.8 Å². The first-order valence-corrected chi connectivity index (χ1v) is 15.6. The quantitative estimate of drug-likeness (QED) is 0.131. The average molecular weight is 651 g/mol. The first-order valence-electron chi connectivity index (χ1n) is 13.3. The molecule has 0 saturated heterocycles. The molecule has 0 aliphatic carbocycles. The van der Waals surface area contributed by atoms with Crippen LogP contribution in [-0.2, 0) is 21.4 Å². The van der Waals surface area contributed by atoms with Crippen LogP contribution in [0.3, 0.4) is 0 Å². The molecule has 0 aliphatic rings. The van der Waals surface area contributed by atoms with Crippen LogP contribution >= 0.6 is 15.9 Å². The number of amides is 1. The van der Waals surface area contributed by atoms with E-state index in [1.807, 2.05) is 44.2 Å². The molecule has 8 nitrogen and oxygen atoms in total. The monoisotopic (exact) mass is 649 g/mol. The van der Waals surface area contributed by atoms with E-state index >= 15 is 0 Å². The van der Waals surface area contributed by atoms with Crippen LogP contribution in [0.4, 0.5) is 0 Å². The Kier molecular flexibility index (Phi) is 10.9. The summed E-state index contributed by atoms with van der Waals surface area (Å²) in [5, 5.41) is 4.08. The first kappa shape index (κ1) is 31.0. The number of hydrazone groups is 1. The van der Waals surface area contributed by atoms with Crippen molar-refractivity contribution in [2.45, 2.75) is 37.8 Å². The lowest BCUT2D eigenvalue weighted by Gasteiger charge is -2.18. The van der Waals surface area contributed by atoms with E-state index in [9.17, 15) is 13.2 Å². The van der Waals surface area contributed by atoms with E-state index < -0.39 is 22.0 Å². The van der Waals surface area contributed by atoms with Gasteiger partial charge in [0.1, 0.15) is 6.61 Å². The van der Waals surface area contributed by atoms with Gasteiger partial charge in [-0.3, -0.25) is 4.79 Å². The van der Waals surface area contributed by atoms with Crippen LogP contribution in [0.25, 0.3) is 0 Å². The molecule has 1 atom stereocenters. The summed E-state index contributed by atoms with van der Waals surface area (Å²) >= 11 is 3.43. The van der Waals surface area contributed by atoms with Crippen molar-refractivity contribution in [2.24, 2.45) is 5.10 Å². The lowest BCUT2D eigenvalue weighted by Crippen LogP contribution is -2.32. The maximum Gasteiger partial charge on any atom is 0.242 e. The number of aryl methyl sites for hydroxylation is 1. The molecular weight excluding hydrogens is 618 g/mol. The van der Waals surface area contributed by atoms with Gasteiger partial charge < -0.3 is 9.47 Å². The van der Waals surface area contributed by atoms with E-state index in [4.69, 9.17) is 9.47 Å². The second kappa shape index (κ2) is 14.8. The Balaban J connectivity index is 1.41. The molecule has 0 aromatic heterocycles. The van der Waals surface area contributed by atoms with Gasteiger partial charge >= 0.3 is 0 Å². The van der Waals surface area contributed by atoms with E-state index in [1.165, 1.54) is 18.3 Å². The van der Waals surface area contributed by atoms with Gasteiger partial charge in [0, 0.05) is 10.9 Å². The van der Waals surface area contributed by atoms with Gasteiger partial charge in [-0.05, 0) is 73.0 Å². The molecule has 0 radical (unpaired) electrons. The maximum atomic E-state index is 13.1. The third-order valence-electron chi connectivity index (χ3n) is 6.20. The zero-order valence-corrected chi connectivity index (χ0v) is 25.7. The number of hydrogen-bond donors (Lipinski definition) is 2. The highest BCUT2D eigenvalue weighted by Crippen LogP contribution is 2.29. The van der Waals surface area contributed by atoms with Gasteiger partial charge in [0.25, 0.3) is 0 Å². The molecular formula is C32H32BrN3O5S. The summed E-state index contributed by atoms with van der Waals surface area (Å²) in [6, 6.07) is 27.9. The number of nitrogens with one attached hydrogen (secondary N) is 2. The van der Waals surface area contributed by atoms with Gasteiger partial charge in [0.05, 0.1) is 23.8 Å². The smallest absolute Gasteiger partial charge is 0.242 e. The number of ether oxygens (including phenoxy) is 2. The lowest BCUT2D eigenvalue weighted by atomic mass is 10.0. The Morgan fingerprint density at radius 3 is 2.33 bits per heavy atom. The molecule has 0 heterocycles. The molecule has 1 amide bonds. The molecule has 0 spiro atoms. The van der Waals surface area contributed by atoms with E-state index in [2.05, 4.69) is 31.2 Å². The molecule has 42 heavy (non-hydrogen) atoms. The standard InChI is InChI=1S/C32H32BrN3O5S/c1-3-40-31-19-25(13-18-30(31)41-22-24-11-14-27(33)15-12-24)21-34-35-32(37)20-29(26-7-5-4-6-8-26)36-42(38,39)28-16-9-23(2)10-17-28/h4-19,21,29,36H,3,20,22H2,1-2H3,(H,35,37)/b34-21-/t29-/m0/s1. The highest BCUT2D eigenvalue weighted by molar-refractivity contribution is 9.10. The molecule has 0 aliphatic heterocycles. The Bertz CT molecular complexity index is 1610. The average Bonchev–Trinajstić information content (AvgIpc) is 2.98. The molecule has 4 aromatic rings. The number of rotatable bonds is 13. The number of hydrogen-bond acceptors (Lipinski definition) is 6. The summed E-state index contributed by atoms with van der Waals surface area (Å²) in [7, 11) is -3.87. The van der Waals surface area contributed by atoms with Crippen LogP contribution in [0.5, 0.6) is 11.5 Å². The summed E-state index contributed by atoms with van der Waals surface area (Å²) in [6.07, 6.45) is 1.34. The van der Waals surface area contributed by atoms with Crippen molar-refractivity contribution in [1.82, 2.24) is 10.1 Å². The van der Waals surface area contributed by atoms with Crippen LogP contribution in [0.15, 0.2) is 112 Å². The van der Waals surface area contributed by atoms with Crippen LogP contribution in [-0.4, -0.2) is 27.1 Å². The third-order valence-corrected chi connectivity index (χ3v) is 8.21. The van der Waals surface area contributed by atoms with Crippen LogP contribution in [0.2, 0.25) is 0 Å². The Labute approximate surface area is 255 Å². The van der Waals surface area contributed by atoms with E-state index in [-0.39, 0.29) is 11.3 Å². The highest BCUT2D eigenvalue weighted by Gasteiger charge is 2.23. The number of benzene rings is 4. The lowest BCUT2D eigenvalue weighted by molar-refractivity contribution is -0.121. The zero-order valence-electron chi connectivity index (χ0n) is 23.3. The zero-order chi connectivity index (χ0) is 30.0. The minimum atomic E-state index is -3.87. The number of sulfonamides is 1. The van der Waals surface area contributed by atoms with Crippen molar-refractivity contribution >= 4 is 38.1 Å². The normalized spacial score (nSPS) is 12.2. The highest BCUT2D eigenvalue weighted by atomic mass is 79.9. The number of nitrogens with zero attached hydrogens (tertiary/aromatic N) is 1. The summed E-state index contributed by atoms with van der Waals surface area (Å²) in [6.45, 7) is 4.60. The van der Waals surface area contributed by atoms with E-state index in [0.717, 1.165) is 15.6 Å². The number of halogens is 1. The molecule has 218 valence electrons. The minimum Gasteiger partial charge on any atom is -0.490 e. The minimum absolute atomic E-state index is 0.127. The molecule has 2 N–H and O–H groups in total. The van der Waals surface area contributed by atoms with E-state index in [1.54, 1.807) is 54.6 Å². The predicted octanol–water partition coefficient (Wildman–Crippen LogP) is 6.30. The molecule has 0 unspecified atom stereocenters. The van der Waals surface area contributed by atoms with Gasteiger partial charge in [-0.1, -0.05) is 76.1 Å². The summed E-state index contributed by atoms with van der Waals surface area (Å²) < 4.78 is 41.5. The topological polar surface area (TPSA) is 106 Å². The van der Waals surface area contributed by atoms with Gasteiger partial charge in [-0.25, -0.2) is 18.6 Å². The largest absolute Gasteiger partial charge is 0.490 e. The fourth-order valence-corrected chi connectivity index (χ4v) is 5.52. The van der Waals surface area contributed by atoms with Gasteiger partial charge in [-0.15, -0.1) is 0 Å². The Morgan fingerprint density at radius 1 is 0.929 bits per heavy atom. The van der Waals surface area contributed by atoms with Crippen LogP contribution < -0.4 is 19.6 Å². The molecule has 0 fully saturated rings. The third kappa shape index (κ3) is 9.01. The summed E-state index contributed by atoms with van der Waals surface area (Å²) in [5.41, 5.74) is 5.81. The fraction of sp³-hybridized carbons (Fsp3) is 0.188.